The summed E-state index contributed by atoms with van der Waals surface area (Å²) in [6.45, 7) is 24.9. The van der Waals surface area contributed by atoms with E-state index in [1.165, 1.54) is 12.8 Å². The standard InChI is InChI=1S/C34H60O5Si2/c1-12-13-14-15-16-17-18-21-24-30(38-40(8,9)33(2,3)4)32(39-41(10,11)34(5,6)7)28-26-27(28)29(35)23-20-19-22-25-31(36)37/h21,24,27-30,32,35H,12-15,18,22-23,25-26H2,1-11H3,(H,36,37)/b24-21+/t27-,28-,29-,30-,32-/m1/s1. The summed E-state index contributed by atoms with van der Waals surface area (Å²) < 4.78 is 14.2. The molecule has 0 aromatic carbocycles. The Hall–Kier alpha value is -1.36. The van der Waals surface area contributed by atoms with Crippen LogP contribution in [-0.2, 0) is 13.6 Å². The van der Waals surface area contributed by atoms with Crippen LogP contribution in [0.1, 0.15) is 106 Å². The van der Waals surface area contributed by atoms with Crippen molar-refractivity contribution in [3.05, 3.63) is 12.2 Å². The molecule has 7 heteroatoms. The van der Waals surface area contributed by atoms with Crippen LogP contribution in [0.25, 0.3) is 0 Å². The molecule has 5 nitrogen and oxygen atoms in total. The first-order chi connectivity index (χ1) is 18.8. The molecule has 0 unspecified atom stereocenters. The van der Waals surface area contributed by atoms with Crippen LogP contribution in [0.5, 0.6) is 0 Å². The predicted molar refractivity (Wildman–Crippen MR) is 177 cm³/mol. The minimum absolute atomic E-state index is 0.0273. The molecule has 1 saturated carbocycles. The summed E-state index contributed by atoms with van der Waals surface area (Å²) in [5.74, 6) is 11.9. The van der Waals surface area contributed by atoms with Gasteiger partial charge in [-0.05, 0) is 60.9 Å². The van der Waals surface area contributed by atoms with Gasteiger partial charge < -0.3 is 19.1 Å². The molecular formula is C34H60O5Si2. The first kappa shape index (κ1) is 37.7. The second-order valence-electron chi connectivity index (χ2n) is 14.7. The zero-order chi connectivity index (χ0) is 31.5. The Balaban J connectivity index is 3.26. The number of aliphatic hydroxyl groups is 1. The number of hydrogen-bond donors (Lipinski definition) is 2. The minimum atomic E-state index is -2.15. The minimum Gasteiger partial charge on any atom is -0.481 e. The maximum Gasteiger partial charge on any atom is 0.304 e. The molecule has 0 aromatic heterocycles. The highest BCUT2D eigenvalue weighted by molar-refractivity contribution is 6.74. The Morgan fingerprint density at radius 3 is 2.05 bits per heavy atom. The average Bonchev–Trinajstić information content (AvgIpc) is 3.62. The van der Waals surface area contributed by atoms with Crippen LogP contribution < -0.4 is 0 Å². The van der Waals surface area contributed by atoms with Crippen molar-refractivity contribution in [1.82, 2.24) is 0 Å². The molecule has 1 rings (SSSR count). The topological polar surface area (TPSA) is 76.0 Å². The van der Waals surface area contributed by atoms with E-state index in [0.717, 1.165) is 19.3 Å². The Kier molecular flexibility index (Phi) is 15.1. The van der Waals surface area contributed by atoms with Crippen LogP contribution in [0.2, 0.25) is 36.3 Å². The molecule has 0 radical (unpaired) electrons. The highest BCUT2D eigenvalue weighted by Gasteiger charge is 2.53. The van der Waals surface area contributed by atoms with E-state index in [-0.39, 0.29) is 40.5 Å². The zero-order valence-corrected chi connectivity index (χ0v) is 30.0. The molecule has 0 bridgehead atoms. The van der Waals surface area contributed by atoms with Gasteiger partial charge in [0.2, 0.25) is 0 Å². The number of rotatable bonds is 15. The Labute approximate surface area is 254 Å². The zero-order valence-electron chi connectivity index (χ0n) is 28.0. The number of carbonyl (C=O) groups is 1. The molecule has 0 spiro atoms. The fourth-order valence-electron chi connectivity index (χ4n) is 4.17. The number of allylic oxidation sites excluding steroid dienone is 1. The van der Waals surface area contributed by atoms with Crippen LogP contribution in [0.15, 0.2) is 12.2 Å². The summed E-state index contributed by atoms with van der Waals surface area (Å²) in [6, 6.07) is 0. The molecule has 0 amide bonds. The maximum atomic E-state index is 11.0. The van der Waals surface area contributed by atoms with E-state index in [2.05, 4.69) is 110 Å². The van der Waals surface area contributed by atoms with Crippen LogP contribution in [0.3, 0.4) is 0 Å². The van der Waals surface area contributed by atoms with E-state index in [9.17, 15) is 9.90 Å². The number of carboxylic acids is 1. The van der Waals surface area contributed by atoms with Gasteiger partial charge in [-0.25, -0.2) is 0 Å². The third-order valence-corrected chi connectivity index (χ3v) is 18.0. The van der Waals surface area contributed by atoms with Gasteiger partial charge in [0.05, 0.1) is 24.7 Å². The van der Waals surface area contributed by atoms with Crippen molar-refractivity contribution < 1.29 is 23.9 Å². The van der Waals surface area contributed by atoms with Crippen molar-refractivity contribution >= 4 is 22.6 Å². The van der Waals surface area contributed by atoms with E-state index in [4.69, 9.17) is 14.0 Å². The molecule has 5 atom stereocenters. The van der Waals surface area contributed by atoms with Gasteiger partial charge in [0.25, 0.3) is 0 Å². The van der Waals surface area contributed by atoms with E-state index >= 15 is 0 Å². The summed E-state index contributed by atoms with van der Waals surface area (Å²) in [4.78, 5) is 10.8. The van der Waals surface area contributed by atoms with Crippen molar-refractivity contribution in [1.29, 1.82) is 0 Å². The summed E-state index contributed by atoms with van der Waals surface area (Å²) >= 11 is 0. The first-order valence-corrected chi connectivity index (χ1v) is 21.5. The second kappa shape index (κ2) is 16.5. The highest BCUT2D eigenvalue weighted by atomic mass is 28.4. The molecule has 1 aliphatic carbocycles. The Morgan fingerprint density at radius 1 is 0.902 bits per heavy atom. The van der Waals surface area contributed by atoms with Gasteiger partial charge in [0.15, 0.2) is 16.6 Å². The van der Waals surface area contributed by atoms with Gasteiger partial charge in [-0.2, -0.15) is 0 Å². The van der Waals surface area contributed by atoms with Crippen molar-refractivity contribution in [2.75, 3.05) is 0 Å². The van der Waals surface area contributed by atoms with E-state index in [0.29, 0.717) is 19.3 Å². The molecule has 0 saturated heterocycles. The van der Waals surface area contributed by atoms with Gasteiger partial charge in [-0.3, -0.25) is 4.79 Å². The SMILES string of the molecule is CCCCCC#CC/C=C/[C@@H](O[Si](C)(C)C(C)(C)C)[C@H](O[Si](C)(C)C(C)(C)C)[C@@H]1C[C@H]1[C@H](O)CC#CCCC(=O)O. The third kappa shape index (κ3) is 13.2. The van der Waals surface area contributed by atoms with Gasteiger partial charge in [-0.1, -0.05) is 79.4 Å². The average molecular weight is 605 g/mol. The van der Waals surface area contributed by atoms with Crippen LogP contribution in [0, 0.1) is 35.5 Å². The fraction of sp³-hybridized carbons (Fsp3) is 0.794. The molecule has 0 heterocycles. The van der Waals surface area contributed by atoms with Crippen molar-refractivity contribution in [3.63, 3.8) is 0 Å². The number of carboxylic acid groups (broad SMARTS) is 1. The molecule has 41 heavy (non-hydrogen) atoms. The van der Waals surface area contributed by atoms with E-state index in [1.807, 2.05) is 0 Å². The van der Waals surface area contributed by atoms with Crippen molar-refractivity contribution in [2.24, 2.45) is 11.8 Å². The normalized spacial score (nSPS) is 20.0. The van der Waals surface area contributed by atoms with Gasteiger partial charge in [-0.15, -0.1) is 17.8 Å². The van der Waals surface area contributed by atoms with E-state index in [1.54, 1.807) is 0 Å². The van der Waals surface area contributed by atoms with Crippen molar-refractivity contribution in [3.8, 4) is 23.7 Å². The second-order valence-corrected chi connectivity index (χ2v) is 24.2. The lowest BCUT2D eigenvalue weighted by atomic mass is 10.0. The van der Waals surface area contributed by atoms with Gasteiger partial charge >= 0.3 is 5.97 Å². The van der Waals surface area contributed by atoms with Crippen LogP contribution in [0.4, 0.5) is 0 Å². The Morgan fingerprint density at radius 2 is 1.49 bits per heavy atom. The van der Waals surface area contributed by atoms with Crippen molar-refractivity contribution in [2.45, 2.75) is 161 Å². The summed E-state index contributed by atoms with van der Waals surface area (Å²) in [6.07, 6.45) is 10.2. The first-order valence-electron chi connectivity index (χ1n) is 15.7. The molecule has 2 N–H and O–H groups in total. The largest absolute Gasteiger partial charge is 0.481 e. The molecule has 0 aromatic rings. The highest BCUT2D eigenvalue weighted by Crippen LogP contribution is 2.50. The number of aliphatic hydroxyl groups excluding tert-OH is 1. The lowest BCUT2D eigenvalue weighted by molar-refractivity contribution is -0.136. The fourth-order valence-corrected chi connectivity index (χ4v) is 6.76. The molecule has 1 aliphatic rings. The predicted octanol–water partition coefficient (Wildman–Crippen LogP) is 8.55. The quantitative estimate of drug-likeness (QED) is 0.0848. The van der Waals surface area contributed by atoms with Gasteiger partial charge in [0.1, 0.15) is 0 Å². The number of hydrogen-bond acceptors (Lipinski definition) is 4. The monoisotopic (exact) mass is 604 g/mol. The Bertz CT molecular complexity index is 966. The third-order valence-electron chi connectivity index (χ3n) is 9.08. The van der Waals surface area contributed by atoms with Gasteiger partial charge in [0, 0.05) is 25.7 Å². The van der Waals surface area contributed by atoms with E-state index < -0.39 is 28.7 Å². The molecule has 1 fully saturated rings. The molecular weight excluding hydrogens is 545 g/mol. The molecule has 234 valence electrons. The maximum absolute atomic E-state index is 11.0. The molecule has 0 aliphatic heterocycles. The van der Waals surface area contributed by atoms with Crippen LogP contribution >= 0.6 is 0 Å². The summed E-state index contributed by atoms with van der Waals surface area (Å²) in [5.41, 5.74) is 0. The lowest BCUT2D eigenvalue weighted by Crippen LogP contribution is -2.52. The van der Waals surface area contributed by atoms with Crippen LogP contribution in [-0.4, -0.2) is 51.1 Å². The summed E-state index contributed by atoms with van der Waals surface area (Å²) in [7, 11) is -4.28. The lowest BCUT2D eigenvalue weighted by Gasteiger charge is -2.45. The smallest absolute Gasteiger partial charge is 0.304 e. The number of unbranched alkanes of at least 4 members (excludes halogenated alkanes) is 3. The summed E-state index contributed by atoms with van der Waals surface area (Å²) in [5, 5.41) is 19.9. The number of aliphatic carboxylic acids is 1.